The number of carboxylic acids is 2. The van der Waals surface area contributed by atoms with Gasteiger partial charge in [0.05, 0.1) is 22.3 Å². The summed E-state index contributed by atoms with van der Waals surface area (Å²) < 4.78 is 158. The topological polar surface area (TPSA) is 232 Å². The van der Waals surface area contributed by atoms with Gasteiger partial charge in [0.1, 0.15) is 34.4 Å². The summed E-state index contributed by atoms with van der Waals surface area (Å²) in [6, 6.07) is 10.8. The number of carbonyl (C=O) groups is 4. The summed E-state index contributed by atoms with van der Waals surface area (Å²) in [4.78, 5) is 55.5. The number of nitrogens with one attached hydrogen (secondary N) is 2. The summed E-state index contributed by atoms with van der Waals surface area (Å²) in [5.74, 6) is -6.16. The van der Waals surface area contributed by atoms with Crippen LogP contribution < -0.4 is 10.6 Å². The number of hydrogen-bond donors (Lipinski definition) is 4. The van der Waals surface area contributed by atoms with E-state index < -0.39 is 90.0 Å². The minimum atomic E-state index is -4.93. The van der Waals surface area contributed by atoms with Gasteiger partial charge in [0.15, 0.2) is 0 Å². The van der Waals surface area contributed by atoms with Crippen molar-refractivity contribution in [2.45, 2.75) is 76.8 Å². The van der Waals surface area contributed by atoms with E-state index in [4.69, 9.17) is 5.11 Å². The first-order valence-electron chi connectivity index (χ1n) is 22.9. The Morgan fingerprint density at radius 3 is 1.32 bits per heavy atom. The highest BCUT2D eigenvalue weighted by Crippen LogP contribution is 2.37. The Hall–Kier alpha value is -6.68. The molecule has 0 atom stereocenters. The van der Waals surface area contributed by atoms with Crippen molar-refractivity contribution < 1.29 is 81.4 Å². The number of aliphatic imine (C=N–C) groups is 2. The van der Waals surface area contributed by atoms with Gasteiger partial charge in [-0.2, -0.15) is 35.0 Å². The molecule has 16 nitrogen and oxygen atoms in total. The molecule has 0 aromatic heterocycles. The smallest absolute Gasteiger partial charge is 0.419 e. The number of amides is 2. The number of aromatic carboxylic acids is 2. The van der Waals surface area contributed by atoms with Crippen LogP contribution in [-0.2, 0) is 42.0 Å². The third kappa shape index (κ3) is 13.2. The molecule has 2 spiro atoms. The Labute approximate surface area is 444 Å². The number of carboxylic acid groups (broad SMARTS) is 2. The zero-order valence-electron chi connectivity index (χ0n) is 41.0. The predicted octanol–water partition coefficient (Wildman–Crippen LogP) is 8.66. The molecule has 0 aliphatic carbocycles. The fraction of sp³-hybridized carbons (Fsp3) is 0.320. The van der Waals surface area contributed by atoms with E-state index in [2.05, 4.69) is 43.1 Å². The van der Waals surface area contributed by atoms with Crippen molar-refractivity contribution in [3.63, 3.8) is 0 Å². The van der Waals surface area contributed by atoms with Crippen LogP contribution in [0.5, 0.6) is 0 Å². The van der Waals surface area contributed by atoms with E-state index in [0.717, 1.165) is 42.9 Å². The van der Waals surface area contributed by atoms with Gasteiger partial charge in [0.25, 0.3) is 11.8 Å². The van der Waals surface area contributed by atoms with E-state index in [0.29, 0.717) is 46.5 Å². The number of benzene rings is 4. The number of hydrogen-bond acceptors (Lipinski definition) is 10. The highest BCUT2D eigenvalue weighted by molar-refractivity contribution is 9.10. The molecule has 4 aromatic carbocycles. The van der Waals surface area contributed by atoms with Gasteiger partial charge < -0.3 is 20.8 Å². The zero-order chi connectivity index (χ0) is 57.4. The Morgan fingerprint density at radius 1 is 0.636 bits per heavy atom. The van der Waals surface area contributed by atoms with Gasteiger partial charge in [0.2, 0.25) is 20.0 Å². The maximum absolute atomic E-state index is 13.7. The Morgan fingerprint density at radius 2 is 0.987 bits per heavy atom. The Bertz CT molecular complexity index is 3360. The van der Waals surface area contributed by atoms with Crippen LogP contribution in [0.3, 0.4) is 0 Å². The van der Waals surface area contributed by atoms with Crippen LogP contribution in [0.15, 0.2) is 92.5 Å². The molecule has 4 N–H and O–H groups in total. The van der Waals surface area contributed by atoms with Gasteiger partial charge in [0, 0.05) is 52.6 Å². The van der Waals surface area contributed by atoms with Crippen LogP contribution in [0.4, 0.5) is 35.1 Å². The number of sulfonamides is 2. The van der Waals surface area contributed by atoms with Crippen LogP contribution in [0.2, 0.25) is 0 Å². The van der Waals surface area contributed by atoms with E-state index in [-0.39, 0.29) is 80.2 Å². The van der Waals surface area contributed by atoms with Crippen molar-refractivity contribution in [3.8, 4) is 0 Å². The molecule has 0 unspecified atom stereocenters. The van der Waals surface area contributed by atoms with Crippen LogP contribution in [0, 0.1) is 39.3 Å². The van der Waals surface area contributed by atoms with Crippen LogP contribution in [0.25, 0.3) is 6.08 Å². The summed E-state index contributed by atoms with van der Waals surface area (Å²) in [6.45, 7) is 10.3. The molecule has 0 saturated carbocycles. The molecule has 412 valence electrons. The number of amidine groups is 2. The minimum absolute atomic E-state index is 0.00586. The van der Waals surface area contributed by atoms with Gasteiger partial charge in [-0.05, 0) is 148 Å². The SMILES string of the molecule is C=CS(=O)(=O)N1CCC2(CC1)N=C(c1ccc(F)c(C(F)(F)F)c1)NC2=O.Cc1cc(C(=O)O)cc(C)c1/C=C/S(=O)(=O)N1CCC2(CC1)N=C(c1ccc(F)c(C(F)(F)F)c1)NC2=O.Cc1cc(C(=O)O)cc(C)c1Br. The van der Waals surface area contributed by atoms with E-state index in [1.54, 1.807) is 26.0 Å². The molecule has 4 aliphatic rings. The number of halogens is 9. The molecule has 4 aromatic rings. The first kappa shape index (κ1) is 59.6. The molecular weight excluding hydrogens is 1140 g/mol. The molecule has 77 heavy (non-hydrogen) atoms. The van der Waals surface area contributed by atoms with Crippen LogP contribution in [0.1, 0.15) is 96.5 Å². The molecule has 4 heterocycles. The lowest BCUT2D eigenvalue weighted by Crippen LogP contribution is -2.50. The van der Waals surface area contributed by atoms with E-state index in [9.17, 15) is 76.2 Å². The van der Waals surface area contributed by atoms with Crippen molar-refractivity contribution in [1.82, 2.24) is 19.2 Å². The lowest BCUT2D eigenvalue weighted by atomic mass is 9.89. The van der Waals surface area contributed by atoms with Crippen LogP contribution in [-0.4, -0.2) is 108 Å². The third-order valence-electron chi connectivity index (χ3n) is 13.0. The Balaban J connectivity index is 0.000000213. The standard InChI is InChI=1S/C25H23F4N3O5S.C16H15F4N3O3S.C9H9BrO2/c1-14-11-17(22(33)34)12-15(2)18(14)5-10-38(36,37)32-8-6-24(7-9-32)23(35)30-21(31-24)16-3-4-20(26)19(13-16)25(27,28)29;1-2-27(25,26)23-7-5-15(6-8-23)14(24)21-13(22-15)10-3-4-12(17)11(9-10)16(18,19)20;1-5-3-7(9(11)12)4-6(2)8(5)10/h3-5,10-13H,6-9H2,1-2H3,(H,33,34)(H,30,31,35);2-4,9H,1,5-8H2,(H,21,22,24);3-4H,1-2H3,(H,11,12)/b10-5+;;. The molecule has 8 rings (SSSR count). The second kappa shape index (κ2) is 22.4. The van der Waals surface area contributed by atoms with Crippen molar-refractivity contribution in [1.29, 1.82) is 0 Å². The predicted molar refractivity (Wildman–Crippen MR) is 270 cm³/mol. The van der Waals surface area contributed by atoms with Gasteiger partial charge >= 0.3 is 24.3 Å². The average molecular weight is 1190 g/mol. The average Bonchev–Trinajstić information content (AvgIpc) is 3.83. The molecule has 2 amide bonds. The maximum Gasteiger partial charge on any atom is 0.419 e. The van der Waals surface area contributed by atoms with E-state index >= 15 is 0 Å². The Kier molecular flexibility index (Phi) is 17.3. The summed E-state index contributed by atoms with van der Waals surface area (Å²) in [5.41, 5.74) is -1.65. The second-order valence-electron chi connectivity index (χ2n) is 18.2. The van der Waals surface area contributed by atoms with Gasteiger partial charge in [-0.1, -0.05) is 22.5 Å². The first-order chi connectivity index (χ1) is 35.6. The molecule has 2 saturated heterocycles. The molecule has 2 fully saturated rings. The first-order valence-corrected chi connectivity index (χ1v) is 26.7. The van der Waals surface area contributed by atoms with Crippen molar-refractivity contribution in [2.24, 2.45) is 9.98 Å². The summed E-state index contributed by atoms with van der Waals surface area (Å²) in [5, 5.41) is 24.6. The normalized spacial score (nSPS) is 17.7. The second-order valence-corrected chi connectivity index (χ2v) is 22.7. The van der Waals surface area contributed by atoms with E-state index in [1.165, 1.54) is 22.5 Å². The number of piperidine rings is 2. The summed E-state index contributed by atoms with van der Waals surface area (Å²) in [7, 11) is -7.54. The molecule has 27 heteroatoms. The quantitative estimate of drug-likeness (QED) is 0.117. The van der Waals surface area contributed by atoms with Gasteiger partial charge in [-0.25, -0.2) is 35.2 Å². The van der Waals surface area contributed by atoms with E-state index in [1.807, 2.05) is 13.8 Å². The molecular formula is C50H47BrF8N6O10S2. The fourth-order valence-corrected chi connectivity index (χ4v) is 11.1. The molecule has 0 radical (unpaired) electrons. The minimum Gasteiger partial charge on any atom is -0.478 e. The van der Waals surface area contributed by atoms with Crippen molar-refractivity contribution >= 4 is 77.5 Å². The summed E-state index contributed by atoms with van der Waals surface area (Å²) >= 11 is 3.37. The lowest BCUT2D eigenvalue weighted by molar-refractivity contribution is -0.140. The molecule has 4 aliphatic heterocycles. The third-order valence-corrected chi connectivity index (χ3v) is 17.3. The maximum atomic E-state index is 13.7. The zero-order valence-corrected chi connectivity index (χ0v) is 44.3. The number of carbonyl (C=O) groups excluding carboxylic acids is 2. The largest absolute Gasteiger partial charge is 0.478 e. The monoisotopic (exact) mass is 1190 g/mol. The van der Waals surface area contributed by atoms with Gasteiger partial charge in [-0.15, -0.1) is 0 Å². The number of aryl methyl sites for hydroxylation is 4. The molecule has 0 bridgehead atoms. The fourth-order valence-electron chi connectivity index (χ4n) is 8.76. The summed E-state index contributed by atoms with van der Waals surface area (Å²) in [6.07, 6.45) is -8.29. The highest BCUT2D eigenvalue weighted by atomic mass is 79.9. The van der Waals surface area contributed by atoms with Crippen molar-refractivity contribution in [3.05, 3.63) is 155 Å². The number of rotatable bonds is 9. The number of nitrogens with zero attached hydrogens (tertiary/aromatic N) is 4. The lowest BCUT2D eigenvalue weighted by Gasteiger charge is -2.34. The highest BCUT2D eigenvalue weighted by Gasteiger charge is 2.49. The van der Waals surface area contributed by atoms with Crippen LogP contribution >= 0.6 is 15.9 Å². The number of alkyl halides is 6. The van der Waals surface area contributed by atoms with Crippen molar-refractivity contribution in [2.75, 3.05) is 26.2 Å². The van der Waals surface area contributed by atoms with Gasteiger partial charge in [-0.3, -0.25) is 19.6 Å².